The van der Waals surface area contributed by atoms with Crippen LogP contribution in [-0.2, 0) is 6.42 Å². The van der Waals surface area contributed by atoms with Crippen molar-refractivity contribution in [3.05, 3.63) is 63.4 Å². The number of allylic oxidation sites excluding steroid dienone is 2. The lowest BCUT2D eigenvalue weighted by molar-refractivity contribution is 0.0702. The number of benzene rings is 1. The predicted molar refractivity (Wildman–Crippen MR) is 120 cm³/mol. The van der Waals surface area contributed by atoms with Crippen molar-refractivity contribution < 1.29 is 15.0 Å². The van der Waals surface area contributed by atoms with Crippen molar-refractivity contribution in [1.82, 2.24) is 0 Å². The van der Waals surface area contributed by atoms with Gasteiger partial charge in [-0.1, -0.05) is 56.5 Å². The molecule has 2 atom stereocenters. The molecule has 3 nitrogen and oxygen atoms in total. The van der Waals surface area contributed by atoms with Gasteiger partial charge in [0.25, 0.3) is 0 Å². The molecule has 0 radical (unpaired) electrons. The van der Waals surface area contributed by atoms with E-state index >= 15 is 0 Å². The third-order valence-electron chi connectivity index (χ3n) is 5.88. The Kier molecular flexibility index (Phi) is 8.08. The van der Waals surface area contributed by atoms with E-state index in [1.807, 2.05) is 6.07 Å². The number of hydrogen-bond donors (Lipinski definition) is 2. The van der Waals surface area contributed by atoms with Crippen molar-refractivity contribution in [3.63, 3.8) is 0 Å². The number of rotatable bonds is 11. The summed E-state index contributed by atoms with van der Waals surface area (Å²) in [5.41, 5.74) is 3.74. The third-order valence-corrected chi connectivity index (χ3v) is 7.01. The number of aromatic carboxylic acids is 1. The van der Waals surface area contributed by atoms with Gasteiger partial charge in [0.1, 0.15) is 4.88 Å². The van der Waals surface area contributed by atoms with Crippen molar-refractivity contribution >= 4 is 22.9 Å². The van der Waals surface area contributed by atoms with Crippen molar-refractivity contribution in [2.24, 2.45) is 5.92 Å². The summed E-state index contributed by atoms with van der Waals surface area (Å²) < 4.78 is 0. The maximum Gasteiger partial charge on any atom is 0.345 e. The minimum Gasteiger partial charge on any atom is -0.477 e. The van der Waals surface area contributed by atoms with E-state index < -0.39 is 5.97 Å². The first-order chi connectivity index (χ1) is 14.1. The molecular formula is C25H32O3S. The van der Waals surface area contributed by atoms with Crippen LogP contribution in [0.2, 0.25) is 0 Å². The van der Waals surface area contributed by atoms with Crippen LogP contribution in [0.5, 0.6) is 0 Å². The molecule has 29 heavy (non-hydrogen) atoms. The fraction of sp³-hybridized carbons (Fsp3) is 0.480. The Labute approximate surface area is 178 Å². The summed E-state index contributed by atoms with van der Waals surface area (Å²) in [5, 5.41) is 19.4. The van der Waals surface area contributed by atoms with Gasteiger partial charge in [-0.05, 0) is 73.3 Å². The molecule has 0 saturated carbocycles. The van der Waals surface area contributed by atoms with Crippen LogP contribution in [0.4, 0.5) is 0 Å². The lowest BCUT2D eigenvalue weighted by Gasteiger charge is -2.16. The molecule has 0 spiro atoms. The molecule has 2 aromatic rings. The van der Waals surface area contributed by atoms with E-state index in [4.69, 9.17) is 5.11 Å². The molecule has 1 aromatic carbocycles. The number of thiophene rings is 1. The van der Waals surface area contributed by atoms with Crippen LogP contribution in [0.1, 0.15) is 90.1 Å². The smallest absolute Gasteiger partial charge is 0.345 e. The number of carboxylic acids is 1. The van der Waals surface area contributed by atoms with Crippen molar-refractivity contribution in [1.29, 1.82) is 0 Å². The van der Waals surface area contributed by atoms with E-state index in [-0.39, 0.29) is 6.10 Å². The van der Waals surface area contributed by atoms with Crippen LogP contribution in [0, 0.1) is 5.92 Å². The van der Waals surface area contributed by atoms with Crippen molar-refractivity contribution in [3.8, 4) is 0 Å². The zero-order valence-electron chi connectivity index (χ0n) is 17.3. The Balaban J connectivity index is 1.52. The molecule has 1 aromatic heterocycles. The van der Waals surface area contributed by atoms with E-state index in [1.54, 1.807) is 6.07 Å². The van der Waals surface area contributed by atoms with Gasteiger partial charge in [0, 0.05) is 4.88 Å². The zero-order valence-corrected chi connectivity index (χ0v) is 18.1. The van der Waals surface area contributed by atoms with Gasteiger partial charge >= 0.3 is 5.97 Å². The molecule has 1 heterocycles. The van der Waals surface area contributed by atoms with Gasteiger partial charge in [-0.25, -0.2) is 4.79 Å². The van der Waals surface area contributed by atoms with Crippen LogP contribution in [0.25, 0.3) is 5.57 Å². The van der Waals surface area contributed by atoms with Crippen LogP contribution < -0.4 is 0 Å². The third kappa shape index (κ3) is 6.03. The van der Waals surface area contributed by atoms with Crippen LogP contribution in [-0.4, -0.2) is 16.2 Å². The normalized spacial score (nSPS) is 17.3. The van der Waals surface area contributed by atoms with Gasteiger partial charge in [0.2, 0.25) is 0 Å². The number of aryl methyl sites for hydroxylation is 1. The summed E-state index contributed by atoms with van der Waals surface area (Å²) in [6.45, 7) is 2.18. The molecule has 3 rings (SSSR count). The maximum atomic E-state index is 11.0. The highest BCUT2D eigenvalue weighted by Gasteiger charge is 2.21. The molecule has 1 unspecified atom stereocenters. The Morgan fingerprint density at radius 3 is 2.62 bits per heavy atom. The number of carbonyl (C=O) groups is 1. The molecule has 1 aliphatic carbocycles. The van der Waals surface area contributed by atoms with Gasteiger partial charge in [-0.2, -0.15) is 0 Å². The Morgan fingerprint density at radius 1 is 1.14 bits per heavy atom. The molecule has 4 heteroatoms. The van der Waals surface area contributed by atoms with Crippen LogP contribution in [0.3, 0.4) is 0 Å². The second kappa shape index (κ2) is 10.7. The fourth-order valence-electron chi connectivity index (χ4n) is 4.22. The van der Waals surface area contributed by atoms with Gasteiger partial charge in [-0.15, -0.1) is 11.3 Å². The molecule has 0 amide bonds. The van der Waals surface area contributed by atoms with Crippen molar-refractivity contribution in [2.45, 2.75) is 70.8 Å². The lowest BCUT2D eigenvalue weighted by Crippen LogP contribution is -2.01. The SMILES string of the molecule is CCCCCC(O)c1ccc(C2=CCC[C@@H]2CCCc2ccc(C(=O)O)s2)cc1. The second-order valence-corrected chi connectivity index (χ2v) is 9.20. The summed E-state index contributed by atoms with van der Waals surface area (Å²) in [5.74, 6) is -0.254. The summed E-state index contributed by atoms with van der Waals surface area (Å²) in [4.78, 5) is 12.6. The molecule has 0 aliphatic heterocycles. The topological polar surface area (TPSA) is 57.5 Å². The minimum atomic E-state index is -0.832. The largest absolute Gasteiger partial charge is 0.477 e. The van der Waals surface area contributed by atoms with Gasteiger partial charge in [0.15, 0.2) is 0 Å². The van der Waals surface area contributed by atoms with Gasteiger partial charge < -0.3 is 10.2 Å². The molecule has 2 N–H and O–H groups in total. The summed E-state index contributed by atoms with van der Waals surface area (Å²) in [6, 6.07) is 12.2. The molecule has 0 saturated heterocycles. The van der Waals surface area contributed by atoms with Gasteiger partial charge in [-0.3, -0.25) is 0 Å². The lowest BCUT2D eigenvalue weighted by atomic mass is 9.89. The highest BCUT2D eigenvalue weighted by molar-refractivity contribution is 7.13. The average Bonchev–Trinajstić information content (AvgIpc) is 3.38. The monoisotopic (exact) mass is 412 g/mol. The first-order valence-electron chi connectivity index (χ1n) is 10.9. The number of hydrogen-bond acceptors (Lipinski definition) is 3. The van der Waals surface area contributed by atoms with Crippen LogP contribution >= 0.6 is 11.3 Å². The van der Waals surface area contributed by atoms with Crippen molar-refractivity contribution in [2.75, 3.05) is 0 Å². The highest BCUT2D eigenvalue weighted by atomic mass is 32.1. The molecule has 0 bridgehead atoms. The average molecular weight is 413 g/mol. The predicted octanol–water partition coefficient (Wildman–Crippen LogP) is 6.88. The molecule has 0 fully saturated rings. The van der Waals surface area contributed by atoms with Gasteiger partial charge in [0.05, 0.1) is 6.10 Å². The zero-order chi connectivity index (χ0) is 20.6. The maximum absolute atomic E-state index is 11.0. The van der Waals surface area contributed by atoms with E-state index in [0.717, 1.165) is 49.0 Å². The summed E-state index contributed by atoms with van der Waals surface area (Å²) in [7, 11) is 0. The minimum absolute atomic E-state index is 0.356. The van der Waals surface area contributed by atoms with E-state index in [1.165, 1.54) is 41.7 Å². The van der Waals surface area contributed by atoms with E-state index in [9.17, 15) is 9.90 Å². The molecule has 1 aliphatic rings. The Hall–Kier alpha value is -1.91. The van der Waals surface area contributed by atoms with E-state index in [2.05, 4.69) is 37.3 Å². The summed E-state index contributed by atoms with van der Waals surface area (Å²) >= 11 is 1.39. The Morgan fingerprint density at radius 2 is 1.93 bits per heavy atom. The van der Waals surface area contributed by atoms with Crippen LogP contribution in [0.15, 0.2) is 42.5 Å². The van der Waals surface area contributed by atoms with E-state index in [0.29, 0.717) is 10.8 Å². The second-order valence-electron chi connectivity index (χ2n) is 8.03. The number of unbranched alkanes of at least 4 members (excludes halogenated alkanes) is 2. The quantitative estimate of drug-likeness (QED) is 0.396. The Bertz CT molecular complexity index is 819. The number of aliphatic hydroxyl groups excluding tert-OH is 1. The highest BCUT2D eigenvalue weighted by Crippen LogP contribution is 2.37. The first-order valence-corrected chi connectivity index (χ1v) is 11.7. The standard InChI is InChI=1S/C25H32O3S/c1-2-3-4-11-23(26)20-14-12-19(13-15-20)22-10-6-8-18(22)7-5-9-21-16-17-24(29-21)25(27)28/h10,12-18,23,26H,2-9,11H2,1H3,(H,27,28)/t18-,23?/m0/s1. The molecule has 156 valence electrons. The fourth-order valence-corrected chi connectivity index (χ4v) is 5.11. The number of aliphatic hydroxyl groups is 1. The first kappa shape index (κ1) is 21.8. The summed E-state index contributed by atoms with van der Waals surface area (Å²) in [6.07, 6.45) is 11.8. The number of carboxylic acid groups (broad SMARTS) is 1. The molecular weight excluding hydrogens is 380 g/mol.